The summed E-state index contributed by atoms with van der Waals surface area (Å²) in [5, 5.41) is 14.8. The molecule has 0 bridgehead atoms. The second-order valence-electron chi connectivity index (χ2n) is 7.60. The van der Waals surface area contributed by atoms with Gasteiger partial charge in [-0.2, -0.15) is 5.26 Å². The number of para-hydroxylation sites is 1. The maximum absolute atomic E-state index is 12.9. The number of amides is 1. The summed E-state index contributed by atoms with van der Waals surface area (Å²) in [7, 11) is 1.56. The molecule has 7 heteroatoms. The number of methoxy groups -OCH3 is 1. The molecule has 0 aliphatic carbocycles. The lowest BCUT2D eigenvalue weighted by molar-refractivity contribution is 0.0929. The molecule has 1 amide bonds. The number of piperidine rings is 1. The van der Waals surface area contributed by atoms with Gasteiger partial charge in [0, 0.05) is 25.0 Å². The minimum absolute atomic E-state index is 0.164. The number of guanidine groups is 1. The molecule has 0 spiro atoms. The zero-order valence-electron chi connectivity index (χ0n) is 18.2. The number of nitrogens with zero attached hydrogens (tertiary/aromatic N) is 3. The SMILES string of the molecule is C#CCN=C(NC#N)N1CCC(CNC(=O)c2ccccc2OC)(c2ccccc2)CC1. The van der Waals surface area contributed by atoms with Crippen LogP contribution >= 0.6 is 0 Å². The quantitative estimate of drug-likeness (QED) is 0.242. The number of benzene rings is 2. The Morgan fingerprint density at radius 3 is 2.53 bits per heavy atom. The number of ether oxygens (including phenoxy) is 1. The summed E-state index contributed by atoms with van der Waals surface area (Å²) < 4.78 is 5.34. The third kappa shape index (κ3) is 5.19. The van der Waals surface area contributed by atoms with Crippen molar-refractivity contribution in [1.82, 2.24) is 15.5 Å². The lowest BCUT2D eigenvalue weighted by atomic mass is 9.72. The van der Waals surface area contributed by atoms with Crippen LogP contribution in [0.15, 0.2) is 59.6 Å². The maximum Gasteiger partial charge on any atom is 0.255 e. The highest BCUT2D eigenvalue weighted by atomic mass is 16.5. The van der Waals surface area contributed by atoms with E-state index in [1.54, 1.807) is 19.2 Å². The molecule has 2 N–H and O–H groups in total. The summed E-state index contributed by atoms with van der Waals surface area (Å²) >= 11 is 0. The first kappa shape index (κ1) is 22.7. The lowest BCUT2D eigenvalue weighted by Gasteiger charge is -2.43. The first-order valence-corrected chi connectivity index (χ1v) is 10.5. The molecule has 1 aliphatic rings. The van der Waals surface area contributed by atoms with Crippen LogP contribution in [-0.2, 0) is 5.41 Å². The standard InChI is InChI=1S/C25H27N5O2/c1-3-15-27-24(29-19-26)30-16-13-25(14-17-30,20-9-5-4-6-10-20)18-28-23(31)21-11-7-8-12-22(21)32-2/h1,4-12H,13-18H2,2H3,(H,27,29)(H,28,31). The van der Waals surface area contributed by atoms with E-state index < -0.39 is 0 Å². The van der Waals surface area contributed by atoms with Crippen LogP contribution in [0.5, 0.6) is 5.75 Å². The van der Waals surface area contributed by atoms with E-state index in [9.17, 15) is 4.79 Å². The zero-order chi connectivity index (χ0) is 22.8. The Balaban J connectivity index is 1.78. The molecule has 2 aromatic carbocycles. The number of nitrogens with one attached hydrogen (secondary N) is 2. The molecule has 1 heterocycles. The van der Waals surface area contributed by atoms with Gasteiger partial charge in [0.05, 0.1) is 12.7 Å². The van der Waals surface area contributed by atoms with Crippen LogP contribution in [0.25, 0.3) is 0 Å². The second-order valence-corrected chi connectivity index (χ2v) is 7.60. The highest BCUT2D eigenvalue weighted by Gasteiger charge is 2.37. The lowest BCUT2D eigenvalue weighted by Crippen LogP contribution is -2.52. The zero-order valence-corrected chi connectivity index (χ0v) is 18.2. The average Bonchev–Trinajstić information content (AvgIpc) is 2.86. The minimum Gasteiger partial charge on any atom is -0.496 e. The summed E-state index contributed by atoms with van der Waals surface area (Å²) in [5.74, 6) is 3.35. The number of carbonyl (C=O) groups excluding carboxylic acids is 1. The largest absolute Gasteiger partial charge is 0.496 e. The molecule has 7 nitrogen and oxygen atoms in total. The van der Waals surface area contributed by atoms with Gasteiger partial charge in [-0.05, 0) is 30.5 Å². The summed E-state index contributed by atoms with van der Waals surface area (Å²) in [4.78, 5) is 19.3. The number of likely N-dealkylation sites (tertiary alicyclic amines) is 1. The van der Waals surface area contributed by atoms with E-state index in [1.165, 1.54) is 5.56 Å². The average molecular weight is 430 g/mol. The van der Waals surface area contributed by atoms with Gasteiger partial charge < -0.3 is 15.0 Å². The summed E-state index contributed by atoms with van der Waals surface area (Å²) in [6.07, 6.45) is 8.82. The molecule has 1 aliphatic heterocycles. The molecule has 32 heavy (non-hydrogen) atoms. The molecule has 164 valence electrons. The van der Waals surface area contributed by atoms with Crippen molar-refractivity contribution in [3.8, 4) is 24.3 Å². The number of carbonyl (C=O) groups is 1. The van der Waals surface area contributed by atoms with Crippen LogP contribution in [-0.4, -0.2) is 50.1 Å². The van der Waals surface area contributed by atoms with E-state index in [-0.39, 0.29) is 17.9 Å². The molecule has 0 unspecified atom stereocenters. The molecule has 0 radical (unpaired) electrons. The fourth-order valence-electron chi connectivity index (χ4n) is 4.07. The van der Waals surface area contributed by atoms with E-state index in [0.717, 1.165) is 12.8 Å². The van der Waals surface area contributed by atoms with Crippen molar-refractivity contribution < 1.29 is 9.53 Å². The van der Waals surface area contributed by atoms with Crippen LogP contribution in [0, 0.1) is 23.8 Å². The smallest absolute Gasteiger partial charge is 0.255 e. The van der Waals surface area contributed by atoms with Gasteiger partial charge in [0.15, 0.2) is 6.19 Å². The predicted octanol–water partition coefficient (Wildman–Crippen LogP) is 2.52. The van der Waals surface area contributed by atoms with Crippen molar-refractivity contribution in [2.24, 2.45) is 4.99 Å². The van der Waals surface area contributed by atoms with Crippen molar-refractivity contribution in [1.29, 1.82) is 5.26 Å². The van der Waals surface area contributed by atoms with E-state index >= 15 is 0 Å². The Kier molecular flexibility index (Phi) is 7.72. The molecule has 2 aromatic rings. The Morgan fingerprint density at radius 1 is 1.19 bits per heavy atom. The molecule has 0 atom stereocenters. The summed E-state index contributed by atoms with van der Waals surface area (Å²) in [6.45, 7) is 2.05. The number of hydrogen-bond acceptors (Lipinski definition) is 4. The molecule has 1 saturated heterocycles. The monoisotopic (exact) mass is 429 g/mol. The highest BCUT2D eigenvalue weighted by Crippen LogP contribution is 2.35. The van der Waals surface area contributed by atoms with Crippen LogP contribution < -0.4 is 15.4 Å². The molecule has 3 rings (SSSR count). The number of rotatable bonds is 6. The molecule has 0 aromatic heterocycles. The van der Waals surface area contributed by atoms with Gasteiger partial charge in [-0.25, -0.2) is 4.99 Å². The van der Waals surface area contributed by atoms with E-state index in [2.05, 4.69) is 33.7 Å². The molecular weight excluding hydrogens is 402 g/mol. The van der Waals surface area contributed by atoms with Gasteiger partial charge in [-0.15, -0.1) is 6.42 Å². The maximum atomic E-state index is 12.9. The Bertz CT molecular complexity index is 1030. The normalized spacial score (nSPS) is 15.2. The van der Waals surface area contributed by atoms with Gasteiger partial charge in [0.25, 0.3) is 5.91 Å². The van der Waals surface area contributed by atoms with E-state index in [0.29, 0.717) is 36.9 Å². The van der Waals surface area contributed by atoms with Crippen molar-refractivity contribution in [2.45, 2.75) is 18.3 Å². The van der Waals surface area contributed by atoms with Gasteiger partial charge >= 0.3 is 0 Å². The van der Waals surface area contributed by atoms with E-state index in [1.807, 2.05) is 41.4 Å². The number of hydrogen-bond donors (Lipinski definition) is 2. The van der Waals surface area contributed by atoms with Crippen molar-refractivity contribution in [3.05, 3.63) is 65.7 Å². The van der Waals surface area contributed by atoms with Crippen LogP contribution in [0.1, 0.15) is 28.8 Å². The second kappa shape index (κ2) is 10.9. The molecule has 0 saturated carbocycles. The van der Waals surface area contributed by atoms with Gasteiger partial charge in [-0.1, -0.05) is 48.4 Å². The van der Waals surface area contributed by atoms with Crippen LogP contribution in [0.2, 0.25) is 0 Å². The summed E-state index contributed by atoms with van der Waals surface area (Å²) in [5.41, 5.74) is 1.45. The fourth-order valence-corrected chi connectivity index (χ4v) is 4.07. The van der Waals surface area contributed by atoms with Crippen molar-refractivity contribution in [3.63, 3.8) is 0 Å². The molecular formula is C25H27N5O2. The Morgan fingerprint density at radius 2 is 1.88 bits per heavy atom. The first-order valence-electron chi connectivity index (χ1n) is 10.5. The summed E-state index contributed by atoms with van der Waals surface area (Å²) in [6, 6.07) is 17.4. The third-order valence-corrected chi connectivity index (χ3v) is 5.83. The first-order chi connectivity index (χ1) is 15.6. The number of aliphatic imine (C=N–C) groups is 1. The fraction of sp³-hybridized carbons (Fsp3) is 0.320. The van der Waals surface area contributed by atoms with Crippen molar-refractivity contribution in [2.75, 3.05) is 33.3 Å². The van der Waals surface area contributed by atoms with Crippen molar-refractivity contribution >= 4 is 11.9 Å². The number of terminal acetylenes is 1. The topological polar surface area (TPSA) is 89.8 Å². The Hall–Kier alpha value is -3.97. The highest BCUT2D eigenvalue weighted by molar-refractivity contribution is 5.97. The third-order valence-electron chi connectivity index (χ3n) is 5.83. The predicted molar refractivity (Wildman–Crippen MR) is 124 cm³/mol. The van der Waals surface area contributed by atoms with Crippen LogP contribution in [0.4, 0.5) is 0 Å². The van der Waals surface area contributed by atoms with Crippen LogP contribution in [0.3, 0.4) is 0 Å². The van der Waals surface area contributed by atoms with Gasteiger partial charge in [-0.3, -0.25) is 10.1 Å². The minimum atomic E-state index is -0.237. The van der Waals surface area contributed by atoms with Gasteiger partial charge in [0.2, 0.25) is 5.96 Å². The Labute approximate surface area is 189 Å². The van der Waals surface area contributed by atoms with Gasteiger partial charge in [0.1, 0.15) is 12.3 Å². The van der Waals surface area contributed by atoms with E-state index in [4.69, 9.17) is 16.4 Å². The molecule has 1 fully saturated rings. The number of nitriles is 1.